The van der Waals surface area contributed by atoms with E-state index < -0.39 is 97.5 Å². The van der Waals surface area contributed by atoms with Crippen LogP contribution in [0, 0.1) is 23.7 Å². The minimum Gasteiger partial charge on any atom is -0.462 e. The van der Waals surface area contributed by atoms with Gasteiger partial charge in [-0.15, -0.1) is 0 Å². The average Bonchev–Trinajstić information content (AvgIpc) is 1.89. The molecule has 0 heterocycles. The van der Waals surface area contributed by atoms with Crippen LogP contribution < -0.4 is 0 Å². The number of hydrogen-bond acceptors (Lipinski definition) is 15. The predicted molar refractivity (Wildman–Crippen MR) is 381 cm³/mol. The Kier molecular flexibility index (Phi) is 63.1. The van der Waals surface area contributed by atoms with Crippen LogP contribution in [0.1, 0.15) is 376 Å². The third-order valence-electron chi connectivity index (χ3n) is 17.3. The first-order valence-corrected chi connectivity index (χ1v) is 41.7. The first-order valence-electron chi connectivity index (χ1n) is 38.7. The summed E-state index contributed by atoms with van der Waals surface area (Å²) in [6.45, 7) is 14.1. The Balaban J connectivity index is 5.23. The lowest BCUT2D eigenvalue weighted by Crippen LogP contribution is -2.30. The largest absolute Gasteiger partial charge is 0.472 e. The summed E-state index contributed by atoms with van der Waals surface area (Å²) in [5.74, 6) is 0.870. The van der Waals surface area contributed by atoms with Crippen LogP contribution in [0.15, 0.2) is 0 Å². The lowest BCUT2D eigenvalue weighted by molar-refractivity contribution is -0.161. The second-order valence-corrected chi connectivity index (χ2v) is 31.9. The van der Waals surface area contributed by atoms with E-state index in [0.717, 1.165) is 108 Å². The van der Waals surface area contributed by atoms with E-state index in [9.17, 15) is 43.2 Å². The van der Waals surface area contributed by atoms with E-state index >= 15 is 0 Å². The van der Waals surface area contributed by atoms with Crippen molar-refractivity contribution >= 4 is 39.5 Å². The second-order valence-electron chi connectivity index (χ2n) is 28.9. The van der Waals surface area contributed by atoms with Crippen LogP contribution in [0.4, 0.5) is 0 Å². The summed E-state index contributed by atoms with van der Waals surface area (Å²) >= 11 is 0. The fourth-order valence-corrected chi connectivity index (χ4v) is 13.0. The average molecular weight is 1380 g/mol. The molecule has 0 aromatic heterocycles. The van der Waals surface area contributed by atoms with E-state index in [1.54, 1.807) is 0 Å². The molecule has 0 saturated carbocycles. The van der Waals surface area contributed by atoms with Gasteiger partial charge in [-0.3, -0.25) is 37.3 Å². The minimum atomic E-state index is -4.96. The maximum absolute atomic E-state index is 13.1. The predicted octanol–water partition coefficient (Wildman–Crippen LogP) is 21.7. The number of aliphatic hydroxyl groups excluding tert-OH is 1. The minimum absolute atomic E-state index is 0.102. The summed E-state index contributed by atoms with van der Waals surface area (Å²) in [7, 11) is -9.91. The van der Waals surface area contributed by atoms with Gasteiger partial charge in [0.05, 0.1) is 26.4 Å². The normalized spacial score (nSPS) is 14.2. The Morgan fingerprint density at radius 3 is 0.660 bits per heavy atom. The molecule has 5 atom stereocenters. The number of hydrogen-bond donors (Lipinski definition) is 3. The van der Waals surface area contributed by atoms with E-state index in [1.165, 1.54) is 173 Å². The van der Waals surface area contributed by atoms with Gasteiger partial charge in [0.15, 0.2) is 12.2 Å². The highest BCUT2D eigenvalue weighted by atomic mass is 31.2. The van der Waals surface area contributed by atoms with Gasteiger partial charge in [0.1, 0.15) is 19.3 Å². The van der Waals surface area contributed by atoms with Crippen molar-refractivity contribution in [2.75, 3.05) is 39.6 Å². The molecule has 0 bridgehead atoms. The van der Waals surface area contributed by atoms with Crippen LogP contribution in [0.3, 0.4) is 0 Å². The van der Waals surface area contributed by atoms with Crippen molar-refractivity contribution in [1.82, 2.24) is 0 Å². The van der Waals surface area contributed by atoms with Crippen molar-refractivity contribution in [2.45, 2.75) is 395 Å². The van der Waals surface area contributed by atoms with Gasteiger partial charge in [0.2, 0.25) is 0 Å². The molecular formula is C75H146O17P2. The first-order chi connectivity index (χ1) is 45.1. The maximum atomic E-state index is 13.1. The third kappa shape index (κ3) is 68.6. The number of esters is 4. The Morgan fingerprint density at radius 1 is 0.266 bits per heavy atom. The molecular weight excluding hydrogens is 1230 g/mol. The number of rotatable bonds is 72. The molecule has 0 aromatic rings. The number of aliphatic hydroxyl groups is 1. The molecule has 0 aromatic carbocycles. The van der Waals surface area contributed by atoms with Gasteiger partial charge >= 0.3 is 39.5 Å². The van der Waals surface area contributed by atoms with Crippen molar-refractivity contribution < 1.29 is 80.2 Å². The molecule has 19 heteroatoms. The first kappa shape index (κ1) is 92.1. The number of phosphoric ester groups is 2. The van der Waals surface area contributed by atoms with Crippen LogP contribution in [0.25, 0.3) is 0 Å². The molecule has 0 radical (unpaired) electrons. The van der Waals surface area contributed by atoms with Crippen LogP contribution in [-0.4, -0.2) is 96.7 Å². The SMILES string of the molecule is CC(C)CCCCCCCCCCCCCCCCCC(=O)O[C@H](COC(=O)CCCCCCCCCCCCCCCC(C)C)COP(=O)(O)OCC(O)COP(=O)(O)OC[C@@H](COC(=O)CCCCCCCCCC(C)C)OC(=O)CCCCCCCCCC(C)C. The summed E-state index contributed by atoms with van der Waals surface area (Å²) in [4.78, 5) is 72.7. The van der Waals surface area contributed by atoms with Gasteiger partial charge in [-0.05, 0) is 49.4 Å². The fourth-order valence-electron chi connectivity index (χ4n) is 11.4. The molecule has 0 aliphatic heterocycles. The Hall–Kier alpha value is -1.94. The highest BCUT2D eigenvalue weighted by molar-refractivity contribution is 7.47. The maximum Gasteiger partial charge on any atom is 0.472 e. The molecule has 0 saturated heterocycles. The lowest BCUT2D eigenvalue weighted by Gasteiger charge is -2.21. The van der Waals surface area contributed by atoms with Gasteiger partial charge in [-0.2, -0.15) is 0 Å². The van der Waals surface area contributed by atoms with Gasteiger partial charge in [-0.25, -0.2) is 9.13 Å². The molecule has 94 heavy (non-hydrogen) atoms. The zero-order valence-electron chi connectivity index (χ0n) is 61.6. The zero-order chi connectivity index (χ0) is 69.6. The summed E-state index contributed by atoms with van der Waals surface area (Å²) in [5.41, 5.74) is 0. The molecule has 17 nitrogen and oxygen atoms in total. The van der Waals surface area contributed by atoms with Crippen molar-refractivity contribution in [3.05, 3.63) is 0 Å². The van der Waals surface area contributed by atoms with Crippen LogP contribution >= 0.6 is 15.6 Å². The number of carbonyl (C=O) groups excluding carboxylic acids is 4. The molecule has 0 rings (SSSR count). The van der Waals surface area contributed by atoms with Gasteiger partial charge in [0.25, 0.3) is 0 Å². The van der Waals surface area contributed by atoms with Gasteiger partial charge < -0.3 is 33.8 Å². The van der Waals surface area contributed by atoms with Crippen molar-refractivity contribution in [2.24, 2.45) is 23.7 Å². The highest BCUT2D eigenvalue weighted by Gasteiger charge is 2.30. The quantitative estimate of drug-likeness (QED) is 0.0222. The molecule has 0 aliphatic rings. The Labute approximate surface area is 575 Å². The molecule has 0 spiro atoms. The smallest absolute Gasteiger partial charge is 0.462 e. The number of unbranched alkanes of at least 4 members (excludes halogenated alkanes) is 38. The molecule has 558 valence electrons. The van der Waals surface area contributed by atoms with Crippen LogP contribution in [0.2, 0.25) is 0 Å². The zero-order valence-corrected chi connectivity index (χ0v) is 63.4. The summed E-state index contributed by atoms with van der Waals surface area (Å²) in [5, 5.41) is 10.6. The third-order valence-corrected chi connectivity index (χ3v) is 19.2. The molecule has 3 unspecified atom stereocenters. The second kappa shape index (κ2) is 64.4. The molecule has 0 amide bonds. The topological polar surface area (TPSA) is 237 Å². The van der Waals surface area contributed by atoms with E-state index in [0.29, 0.717) is 37.5 Å². The monoisotopic (exact) mass is 1380 g/mol. The molecule has 0 fully saturated rings. The molecule has 3 N–H and O–H groups in total. The lowest BCUT2D eigenvalue weighted by atomic mass is 10.0. The van der Waals surface area contributed by atoms with E-state index in [-0.39, 0.29) is 25.7 Å². The fraction of sp³-hybridized carbons (Fsp3) is 0.947. The molecule has 0 aliphatic carbocycles. The Morgan fingerprint density at radius 2 is 0.447 bits per heavy atom. The standard InChI is InChI=1S/C75H146O17P2/c1-65(2)51-43-35-27-21-17-13-10-9-11-15-20-24-32-41-49-57-74(79)91-70(61-85-72(77)55-47-39-31-23-19-16-12-14-18-22-28-36-44-52-66(3)4)63-89-93(81,82)87-59-69(76)60-88-94(83,84)90-64-71(92-75(80)58-50-42-34-26-30-38-46-54-68(7)8)62-86-73(78)56-48-40-33-25-29-37-45-53-67(5)6/h65-71,76H,9-64H2,1-8H3,(H,81,82)(H,83,84)/t69?,70-,71-/m1/s1. The van der Waals surface area contributed by atoms with Crippen LogP contribution in [-0.2, 0) is 65.4 Å². The van der Waals surface area contributed by atoms with Crippen LogP contribution in [0.5, 0.6) is 0 Å². The van der Waals surface area contributed by atoms with E-state index in [2.05, 4.69) is 55.4 Å². The van der Waals surface area contributed by atoms with Crippen molar-refractivity contribution in [3.8, 4) is 0 Å². The van der Waals surface area contributed by atoms with Gasteiger partial charge in [0, 0.05) is 25.7 Å². The van der Waals surface area contributed by atoms with E-state index in [4.69, 9.17) is 37.0 Å². The highest BCUT2D eigenvalue weighted by Crippen LogP contribution is 2.45. The Bertz CT molecular complexity index is 1850. The number of phosphoric acid groups is 2. The summed E-state index contributed by atoms with van der Waals surface area (Å²) in [6, 6.07) is 0. The summed E-state index contributed by atoms with van der Waals surface area (Å²) < 4.78 is 68.4. The summed E-state index contributed by atoms with van der Waals surface area (Å²) in [6.07, 6.45) is 48.8. The number of ether oxygens (including phenoxy) is 4. The van der Waals surface area contributed by atoms with Crippen molar-refractivity contribution in [1.29, 1.82) is 0 Å². The number of carbonyl (C=O) groups is 4. The van der Waals surface area contributed by atoms with Gasteiger partial charge in [-0.1, -0.05) is 325 Å². The van der Waals surface area contributed by atoms with E-state index in [1.807, 2.05) is 0 Å². The van der Waals surface area contributed by atoms with Crippen molar-refractivity contribution in [3.63, 3.8) is 0 Å².